The minimum atomic E-state index is -0.656. The van der Waals surface area contributed by atoms with Gasteiger partial charge in [-0.25, -0.2) is 9.31 Å². The Balaban J connectivity index is 2.72. The van der Waals surface area contributed by atoms with Crippen LogP contribution in [0.25, 0.3) is 5.65 Å². The molecule has 2 aromatic rings. The number of rotatable bonds is 2. The van der Waals surface area contributed by atoms with Crippen LogP contribution in [0.4, 0.5) is 0 Å². The minimum absolute atomic E-state index is 0.00731. The van der Waals surface area contributed by atoms with Crippen molar-refractivity contribution in [1.29, 1.82) is 5.26 Å². The van der Waals surface area contributed by atoms with Gasteiger partial charge < -0.3 is 9.72 Å². The van der Waals surface area contributed by atoms with Gasteiger partial charge in [-0.2, -0.15) is 10.4 Å². The van der Waals surface area contributed by atoms with Crippen molar-refractivity contribution in [2.75, 3.05) is 6.61 Å². The zero-order chi connectivity index (χ0) is 12.4. The molecule has 0 radical (unpaired) electrons. The van der Waals surface area contributed by atoms with E-state index >= 15 is 0 Å². The van der Waals surface area contributed by atoms with Gasteiger partial charge in [0, 0.05) is 6.07 Å². The van der Waals surface area contributed by atoms with Crippen molar-refractivity contribution in [1.82, 2.24) is 14.6 Å². The lowest BCUT2D eigenvalue weighted by molar-refractivity contribution is 0.0516. The van der Waals surface area contributed by atoms with Crippen molar-refractivity contribution in [3.8, 4) is 6.07 Å². The van der Waals surface area contributed by atoms with Crippen molar-refractivity contribution >= 4 is 11.6 Å². The van der Waals surface area contributed by atoms with E-state index < -0.39 is 11.5 Å². The quantitative estimate of drug-likeness (QED) is 0.738. The number of hydrogen-bond donors (Lipinski definition) is 1. The first-order chi connectivity index (χ1) is 8.17. The van der Waals surface area contributed by atoms with E-state index in [2.05, 4.69) is 10.1 Å². The zero-order valence-corrected chi connectivity index (χ0v) is 8.93. The highest BCUT2D eigenvalue weighted by atomic mass is 16.5. The fraction of sp³-hybridized carbons (Fsp3) is 0.200. The van der Waals surface area contributed by atoms with Crippen molar-refractivity contribution in [3.63, 3.8) is 0 Å². The molecule has 0 bridgehead atoms. The molecule has 0 saturated carbocycles. The summed E-state index contributed by atoms with van der Waals surface area (Å²) < 4.78 is 5.98. The molecule has 0 aliphatic heterocycles. The maximum atomic E-state index is 11.6. The van der Waals surface area contributed by atoms with Gasteiger partial charge in [0.25, 0.3) is 5.56 Å². The molecule has 7 nitrogen and oxygen atoms in total. The van der Waals surface area contributed by atoms with Crippen molar-refractivity contribution in [2.24, 2.45) is 0 Å². The number of fused-ring (bicyclic) bond motifs is 1. The van der Waals surface area contributed by atoms with E-state index in [1.54, 1.807) is 6.92 Å². The van der Waals surface area contributed by atoms with Crippen LogP contribution in [-0.2, 0) is 4.74 Å². The molecule has 0 aliphatic carbocycles. The van der Waals surface area contributed by atoms with Gasteiger partial charge in [-0.15, -0.1) is 0 Å². The third-order valence-corrected chi connectivity index (χ3v) is 2.11. The maximum absolute atomic E-state index is 11.6. The van der Waals surface area contributed by atoms with Gasteiger partial charge in [0.1, 0.15) is 11.6 Å². The molecule has 0 saturated heterocycles. The standard InChI is InChI=1S/C10H8N4O3/c1-2-17-10(16)7-3-8(15)13-9-6(4-11)5-12-14(7)9/h3,5H,2H2,1H3,(H,13,15). The topological polar surface area (TPSA) is 100 Å². The molecule has 0 fully saturated rings. The number of aromatic nitrogens is 3. The summed E-state index contributed by atoms with van der Waals surface area (Å²) in [5.74, 6) is -0.656. The normalized spacial score (nSPS) is 10.1. The molecule has 0 spiro atoms. The molecular weight excluding hydrogens is 224 g/mol. The van der Waals surface area contributed by atoms with E-state index in [-0.39, 0.29) is 23.5 Å². The number of nitriles is 1. The van der Waals surface area contributed by atoms with Gasteiger partial charge in [0.15, 0.2) is 11.3 Å². The molecule has 86 valence electrons. The van der Waals surface area contributed by atoms with Crippen LogP contribution in [-0.4, -0.2) is 27.2 Å². The summed E-state index contributed by atoms with van der Waals surface area (Å²) in [6, 6.07) is 2.95. The molecule has 0 aliphatic rings. The van der Waals surface area contributed by atoms with Crippen LogP contribution in [0.15, 0.2) is 17.1 Å². The van der Waals surface area contributed by atoms with E-state index in [1.807, 2.05) is 6.07 Å². The number of ether oxygens (including phenoxy) is 1. The second-order valence-electron chi connectivity index (χ2n) is 3.17. The lowest BCUT2D eigenvalue weighted by atomic mass is 10.3. The Morgan fingerprint density at radius 1 is 1.71 bits per heavy atom. The average molecular weight is 232 g/mol. The number of carbonyl (C=O) groups is 1. The van der Waals surface area contributed by atoms with Crippen LogP contribution in [0.5, 0.6) is 0 Å². The Morgan fingerprint density at radius 2 is 2.47 bits per heavy atom. The predicted octanol–water partition coefficient (Wildman–Crippen LogP) is 0.0710. The van der Waals surface area contributed by atoms with Gasteiger partial charge >= 0.3 is 5.97 Å². The minimum Gasteiger partial charge on any atom is -0.461 e. The number of carbonyl (C=O) groups excluding carboxylic acids is 1. The molecule has 7 heteroatoms. The number of hydrogen-bond acceptors (Lipinski definition) is 5. The second-order valence-corrected chi connectivity index (χ2v) is 3.17. The molecule has 0 unspecified atom stereocenters. The molecule has 0 aromatic carbocycles. The smallest absolute Gasteiger partial charge is 0.357 e. The zero-order valence-electron chi connectivity index (χ0n) is 8.93. The summed E-state index contributed by atoms with van der Waals surface area (Å²) in [6.07, 6.45) is 1.27. The number of nitrogens with one attached hydrogen (secondary N) is 1. The van der Waals surface area contributed by atoms with E-state index in [9.17, 15) is 9.59 Å². The SMILES string of the molecule is CCOC(=O)c1cc(=O)[nH]c2c(C#N)cnn12. The Kier molecular flexibility index (Phi) is 2.62. The largest absolute Gasteiger partial charge is 0.461 e. The Labute approximate surface area is 95.2 Å². The lowest BCUT2D eigenvalue weighted by Crippen LogP contribution is -2.18. The van der Waals surface area contributed by atoms with Crippen molar-refractivity contribution in [2.45, 2.75) is 6.92 Å². The number of esters is 1. The number of nitrogens with zero attached hydrogens (tertiary/aromatic N) is 3. The van der Waals surface area contributed by atoms with Crippen LogP contribution in [0.1, 0.15) is 23.0 Å². The first kappa shape index (κ1) is 10.9. The Hall–Kier alpha value is -2.62. The fourth-order valence-corrected chi connectivity index (χ4v) is 1.42. The Morgan fingerprint density at radius 3 is 3.12 bits per heavy atom. The molecule has 2 heterocycles. The lowest BCUT2D eigenvalue weighted by Gasteiger charge is -2.03. The van der Waals surface area contributed by atoms with E-state index in [4.69, 9.17) is 10.00 Å². The number of H-pyrrole nitrogens is 1. The van der Waals surface area contributed by atoms with Crippen LogP contribution in [0.3, 0.4) is 0 Å². The molecule has 0 atom stereocenters. The summed E-state index contributed by atoms with van der Waals surface area (Å²) in [4.78, 5) is 25.4. The van der Waals surface area contributed by atoms with Crippen LogP contribution < -0.4 is 5.56 Å². The molecule has 0 amide bonds. The summed E-state index contributed by atoms with van der Waals surface area (Å²) in [7, 11) is 0. The van der Waals surface area contributed by atoms with E-state index in [0.717, 1.165) is 6.07 Å². The van der Waals surface area contributed by atoms with Crippen molar-refractivity contribution < 1.29 is 9.53 Å². The van der Waals surface area contributed by atoms with Crippen LogP contribution in [0, 0.1) is 11.3 Å². The van der Waals surface area contributed by atoms with Crippen molar-refractivity contribution in [3.05, 3.63) is 33.9 Å². The predicted molar refractivity (Wildman–Crippen MR) is 56.5 cm³/mol. The van der Waals surface area contributed by atoms with Crippen LogP contribution >= 0.6 is 0 Å². The van der Waals surface area contributed by atoms with Gasteiger partial charge in [0.05, 0.1) is 12.8 Å². The molecule has 1 N–H and O–H groups in total. The third-order valence-electron chi connectivity index (χ3n) is 2.11. The molecule has 2 rings (SSSR count). The maximum Gasteiger partial charge on any atom is 0.357 e. The summed E-state index contributed by atoms with van der Waals surface area (Å²) in [5.41, 5.74) is -0.124. The summed E-state index contributed by atoms with van der Waals surface area (Å²) in [5, 5.41) is 12.7. The fourth-order valence-electron chi connectivity index (χ4n) is 1.42. The highest BCUT2D eigenvalue weighted by Gasteiger charge is 2.15. The molecule has 17 heavy (non-hydrogen) atoms. The summed E-state index contributed by atoms with van der Waals surface area (Å²) in [6.45, 7) is 1.85. The van der Waals surface area contributed by atoms with Gasteiger partial charge in [-0.3, -0.25) is 4.79 Å². The van der Waals surface area contributed by atoms with Gasteiger partial charge in [-0.1, -0.05) is 0 Å². The number of aromatic amines is 1. The Bertz CT molecular complexity index is 677. The van der Waals surface area contributed by atoms with E-state index in [1.165, 1.54) is 10.7 Å². The van der Waals surface area contributed by atoms with Gasteiger partial charge in [0.2, 0.25) is 0 Å². The monoisotopic (exact) mass is 232 g/mol. The highest BCUT2D eigenvalue weighted by molar-refractivity contribution is 5.88. The van der Waals surface area contributed by atoms with Crippen LogP contribution in [0.2, 0.25) is 0 Å². The first-order valence-electron chi connectivity index (χ1n) is 4.85. The average Bonchev–Trinajstić information content (AvgIpc) is 2.71. The first-order valence-corrected chi connectivity index (χ1v) is 4.85. The second kappa shape index (κ2) is 4.09. The summed E-state index contributed by atoms with van der Waals surface area (Å²) >= 11 is 0. The van der Waals surface area contributed by atoms with Gasteiger partial charge in [-0.05, 0) is 6.92 Å². The van der Waals surface area contributed by atoms with E-state index in [0.29, 0.717) is 0 Å². The highest BCUT2D eigenvalue weighted by Crippen LogP contribution is 2.07. The molecular formula is C10H8N4O3. The molecule has 2 aromatic heterocycles. The third kappa shape index (κ3) is 1.76.